The Morgan fingerprint density at radius 1 is 1.00 bits per heavy atom. The summed E-state index contributed by atoms with van der Waals surface area (Å²) >= 11 is 6.16. The molecule has 0 atom stereocenters. The Balaban J connectivity index is 1.63. The third-order valence-corrected chi connectivity index (χ3v) is 4.61. The zero-order chi connectivity index (χ0) is 21.3. The predicted molar refractivity (Wildman–Crippen MR) is 117 cm³/mol. The monoisotopic (exact) mass is 424 g/mol. The van der Waals surface area contributed by atoms with Crippen LogP contribution in [0.25, 0.3) is 0 Å². The fourth-order valence-electron chi connectivity index (χ4n) is 2.65. The molecule has 0 aromatic heterocycles. The number of carbonyl (C=O) groups is 1. The third-order valence-electron chi connectivity index (χ3n) is 4.24. The number of benzene rings is 3. The van der Waals surface area contributed by atoms with E-state index in [9.17, 15) is 4.79 Å². The molecule has 0 saturated heterocycles. The summed E-state index contributed by atoms with van der Waals surface area (Å²) in [6, 6.07) is 19.7. The van der Waals surface area contributed by atoms with E-state index < -0.39 is 0 Å². The zero-order valence-corrected chi connectivity index (χ0v) is 17.3. The lowest BCUT2D eigenvalue weighted by Gasteiger charge is -2.12. The van der Waals surface area contributed by atoms with Gasteiger partial charge in [0.05, 0.1) is 20.4 Å². The van der Waals surface area contributed by atoms with Crippen LogP contribution in [0.3, 0.4) is 0 Å². The van der Waals surface area contributed by atoms with E-state index in [0.29, 0.717) is 34.4 Å². The van der Waals surface area contributed by atoms with E-state index in [1.54, 1.807) is 50.6 Å². The highest BCUT2D eigenvalue weighted by Crippen LogP contribution is 2.29. The lowest BCUT2D eigenvalue weighted by Crippen LogP contribution is -2.17. The van der Waals surface area contributed by atoms with Gasteiger partial charge in [-0.1, -0.05) is 35.9 Å². The molecule has 0 aliphatic heterocycles. The van der Waals surface area contributed by atoms with Gasteiger partial charge in [-0.25, -0.2) is 5.43 Å². The van der Waals surface area contributed by atoms with E-state index in [1.807, 2.05) is 30.3 Å². The number of halogens is 1. The number of carbonyl (C=O) groups excluding carboxylic acids is 1. The summed E-state index contributed by atoms with van der Waals surface area (Å²) in [6.45, 7) is 0.320. The number of hydrogen-bond donors (Lipinski definition) is 1. The van der Waals surface area contributed by atoms with E-state index in [0.717, 1.165) is 11.1 Å². The van der Waals surface area contributed by atoms with Crippen molar-refractivity contribution in [3.63, 3.8) is 0 Å². The first-order valence-corrected chi connectivity index (χ1v) is 9.50. The van der Waals surface area contributed by atoms with E-state index >= 15 is 0 Å². The number of hydrogen-bond acceptors (Lipinski definition) is 5. The first-order chi connectivity index (χ1) is 14.6. The molecule has 3 rings (SSSR count). The molecule has 0 bridgehead atoms. The van der Waals surface area contributed by atoms with E-state index in [2.05, 4.69) is 10.5 Å². The van der Waals surface area contributed by atoms with Crippen LogP contribution >= 0.6 is 11.6 Å². The standard InChI is InChI=1S/C23H21ClN2O4/c1-28-19-8-5-7-17(13-19)23(27)26-25-14-16-10-11-21(22(12-16)29-2)30-15-18-6-3-4-9-20(18)24/h3-14H,15H2,1-2H3,(H,26,27). The highest BCUT2D eigenvalue weighted by molar-refractivity contribution is 6.31. The van der Waals surface area contributed by atoms with Gasteiger partial charge in [0.15, 0.2) is 11.5 Å². The van der Waals surface area contributed by atoms with Gasteiger partial charge in [0.2, 0.25) is 0 Å². The Bertz CT molecular complexity index is 1050. The van der Waals surface area contributed by atoms with Gasteiger partial charge < -0.3 is 14.2 Å². The molecule has 0 aliphatic rings. The van der Waals surface area contributed by atoms with E-state index in [-0.39, 0.29) is 5.91 Å². The molecule has 3 aromatic carbocycles. The lowest BCUT2D eigenvalue weighted by atomic mass is 10.2. The topological polar surface area (TPSA) is 69.2 Å². The summed E-state index contributed by atoms with van der Waals surface area (Å²) in [5.74, 6) is 1.39. The normalized spacial score (nSPS) is 10.6. The quantitative estimate of drug-likeness (QED) is 0.420. The van der Waals surface area contributed by atoms with E-state index in [1.165, 1.54) is 6.21 Å². The van der Waals surface area contributed by atoms with Crippen LogP contribution in [0.4, 0.5) is 0 Å². The Hall–Kier alpha value is -3.51. The number of rotatable bonds is 8. The first-order valence-electron chi connectivity index (χ1n) is 9.12. The van der Waals surface area contributed by atoms with Crippen molar-refractivity contribution < 1.29 is 19.0 Å². The molecule has 0 spiro atoms. The highest BCUT2D eigenvalue weighted by atomic mass is 35.5. The molecule has 3 aromatic rings. The number of ether oxygens (including phenoxy) is 3. The highest BCUT2D eigenvalue weighted by Gasteiger charge is 2.08. The van der Waals surface area contributed by atoms with Crippen molar-refractivity contribution in [2.24, 2.45) is 5.10 Å². The van der Waals surface area contributed by atoms with Crippen LogP contribution in [0.5, 0.6) is 17.2 Å². The molecule has 1 amide bonds. The zero-order valence-electron chi connectivity index (χ0n) is 16.6. The minimum Gasteiger partial charge on any atom is -0.497 e. The summed E-state index contributed by atoms with van der Waals surface area (Å²) in [5, 5.41) is 4.65. The van der Waals surface area contributed by atoms with E-state index in [4.69, 9.17) is 25.8 Å². The molecule has 6 nitrogen and oxygen atoms in total. The fraction of sp³-hybridized carbons (Fsp3) is 0.130. The van der Waals surface area contributed by atoms with Gasteiger partial charge in [-0.2, -0.15) is 5.10 Å². The molecular weight excluding hydrogens is 404 g/mol. The maximum Gasteiger partial charge on any atom is 0.271 e. The number of amides is 1. The minimum absolute atomic E-state index is 0.320. The van der Waals surface area contributed by atoms with Crippen LogP contribution in [0.15, 0.2) is 71.8 Å². The summed E-state index contributed by atoms with van der Waals surface area (Å²) in [5.41, 5.74) is 4.56. The van der Waals surface area contributed by atoms with Crippen LogP contribution in [0.1, 0.15) is 21.5 Å². The van der Waals surface area contributed by atoms with Gasteiger partial charge in [-0.05, 0) is 48.0 Å². The largest absolute Gasteiger partial charge is 0.497 e. The van der Waals surface area contributed by atoms with Gasteiger partial charge >= 0.3 is 0 Å². The molecule has 154 valence electrons. The maximum atomic E-state index is 12.2. The number of nitrogens with zero attached hydrogens (tertiary/aromatic N) is 1. The molecule has 7 heteroatoms. The Kier molecular flexibility index (Phi) is 7.29. The molecule has 0 aliphatic carbocycles. The Morgan fingerprint density at radius 2 is 1.83 bits per heavy atom. The number of nitrogens with one attached hydrogen (secondary N) is 1. The third kappa shape index (κ3) is 5.52. The van der Waals surface area contributed by atoms with Crippen LogP contribution in [-0.4, -0.2) is 26.3 Å². The molecule has 0 fully saturated rings. The van der Waals surface area contributed by atoms with Gasteiger partial charge in [0, 0.05) is 16.1 Å². The molecule has 30 heavy (non-hydrogen) atoms. The van der Waals surface area contributed by atoms with Crippen LogP contribution in [0, 0.1) is 0 Å². The number of methoxy groups -OCH3 is 2. The predicted octanol–water partition coefficient (Wildman–Crippen LogP) is 4.70. The van der Waals surface area contributed by atoms with Crippen molar-refractivity contribution in [3.05, 3.63) is 88.4 Å². The first kappa shape index (κ1) is 21.2. The smallest absolute Gasteiger partial charge is 0.271 e. The average Bonchev–Trinajstić information content (AvgIpc) is 2.78. The van der Waals surface area contributed by atoms with Crippen LogP contribution in [-0.2, 0) is 6.61 Å². The van der Waals surface area contributed by atoms with Gasteiger partial charge in [0.1, 0.15) is 12.4 Å². The van der Waals surface area contributed by atoms with Gasteiger partial charge in [-0.3, -0.25) is 4.79 Å². The molecule has 0 heterocycles. The molecule has 0 unspecified atom stereocenters. The van der Waals surface area contributed by atoms with Crippen molar-refractivity contribution >= 4 is 23.7 Å². The summed E-state index contributed by atoms with van der Waals surface area (Å²) in [4.78, 5) is 12.2. The second-order valence-electron chi connectivity index (χ2n) is 6.22. The van der Waals surface area contributed by atoms with Crippen molar-refractivity contribution in [1.29, 1.82) is 0 Å². The summed E-state index contributed by atoms with van der Waals surface area (Å²) < 4.78 is 16.4. The summed E-state index contributed by atoms with van der Waals surface area (Å²) in [6.07, 6.45) is 1.53. The molecule has 0 saturated carbocycles. The Labute approximate surface area is 180 Å². The van der Waals surface area contributed by atoms with Crippen molar-refractivity contribution in [1.82, 2.24) is 5.43 Å². The average molecular weight is 425 g/mol. The van der Waals surface area contributed by atoms with Gasteiger partial charge in [-0.15, -0.1) is 0 Å². The van der Waals surface area contributed by atoms with Crippen molar-refractivity contribution in [3.8, 4) is 17.2 Å². The Morgan fingerprint density at radius 3 is 2.60 bits per heavy atom. The second kappa shape index (κ2) is 10.3. The van der Waals surface area contributed by atoms with Crippen LogP contribution < -0.4 is 19.6 Å². The lowest BCUT2D eigenvalue weighted by molar-refractivity contribution is 0.0955. The SMILES string of the molecule is COc1cccc(C(=O)NN=Cc2ccc(OCc3ccccc3Cl)c(OC)c2)c1. The maximum absolute atomic E-state index is 12.2. The van der Waals surface area contributed by atoms with Crippen molar-refractivity contribution in [2.45, 2.75) is 6.61 Å². The minimum atomic E-state index is -0.336. The fourth-order valence-corrected chi connectivity index (χ4v) is 2.84. The second-order valence-corrected chi connectivity index (χ2v) is 6.63. The molecular formula is C23H21ClN2O4. The van der Waals surface area contributed by atoms with Gasteiger partial charge in [0.25, 0.3) is 5.91 Å². The van der Waals surface area contributed by atoms with Crippen LogP contribution in [0.2, 0.25) is 5.02 Å². The number of hydrazone groups is 1. The molecule has 0 radical (unpaired) electrons. The molecule has 1 N–H and O–H groups in total. The summed E-state index contributed by atoms with van der Waals surface area (Å²) in [7, 11) is 3.10. The van der Waals surface area contributed by atoms with Crippen molar-refractivity contribution in [2.75, 3.05) is 14.2 Å².